The van der Waals surface area contributed by atoms with Crippen LogP contribution < -0.4 is 10.6 Å². The molecule has 0 radical (unpaired) electrons. The van der Waals surface area contributed by atoms with Crippen LogP contribution in [0.4, 0.5) is 5.69 Å². The van der Waals surface area contributed by atoms with Crippen LogP contribution in [0.2, 0.25) is 10.0 Å². The highest BCUT2D eigenvalue weighted by Gasteiger charge is 2.54. The van der Waals surface area contributed by atoms with E-state index >= 15 is 0 Å². The zero-order valence-electron chi connectivity index (χ0n) is 16.0. The molecule has 4 saturated carbocycles. The van der Waals surface area contributed by atoms with E-state index in [1.54, 1.807) is 18.2 Å². The number of esters is 1. The van der Waals surface area contributed by atoms with Crippen molar-refractivity contribution < 1.29 is 19.1 Å². The van der Waals surface area contributed by atoms with Crippen molar-refractivity contribution >= 4 is 46.7 Å². The molecule has 6 nitrogen and oxygen atoms in total. The van der Waals surface area contributed by atoms with E-state index in [-0.39, 0.29) is 17.9 Å². The first-order valence-corrected chi connectivity index (χ1v) is 10.8. The lowest BCUT2D eigenvalue weighted by Crippen LogP contribution is -2.54. The van der Waals surface area contributed by atoms with E-state index in [4.69, 9.17) is 27.9 Å². The predicted octanol–water partition coefficient (Wildman–Crippen LogP) is 3.81. The smallest absolute Gasteiger partial charge is 0.325 e. The maximum Gasteiger partial charge on any atom is 0.325 e. The number of ether oxygens (including phenoxy) is 1. The molecule has 8 heteroatoms. The van der Waals surface area contributed by atoms with Crippen molar-refractivity contribution in [1.29, 1.82) is 0 Å². The van der Waals surface area contributed by atoms with E-state index in [2.05, 4.69) is 10.6 Å². The fourth-order valence-corrected chi connectivity index (χ4v) is 6.27. The Hall–Kier alpha value is -1.79. The second-order valence-electron chi connectivity index (χ2n) is 8.75. The van der Waals surface area contributed by atoms with Gasteiger partial charge >= 0.3 is 5.97 Å². The van der Waals surface area contributed by atoms with E-state index in [1.165, 1.54) is 19.3 Å². The Morgan fingerprint density at radius 3 is 2.07 bits per heavy atom. The number of hydrogen-bond donors (Lipinski definition) is 2. The van der Waals surface area contributed by atoms with E-state index in [9.17, 15) is 14.4 Å². The van der Waals surface area contributed by atoms with Gasteiger partial charge in [0.15, 0.2) is 6.61 Å². The Bertz CT molecular complexity index is 786. The molecule has 4 aliphatic rings. The first-order chi connectivity index (χ1) is 13.8. The van der Waals surface area contributed by atoms with Crippen LogP contribution in [0.15, 0.2) is 18.2 Å². The number of halogens is 2. The largest absolute Gasteiger partial charge is 0.454 e. The van der Waals surface area contributed by atoms with Gasteiger partial charge in [0, 0.05) is 21.1 Å². The number of rotatable bonds is 6. The molecule has 1 aromatic rings. The van der Waals surface area contributed by atoms with Crippen molar-refractivity contribution in [1.82, 2.24) is 5.32 Å². The van der Waals surface area contributed by atoms with Gasteiger partial charge in [-0.2, -0.15) is 0 Å². The van der Waals surface area contributed by atoms with E-state index in [1.807, 2.05) is 0 Å². The molecule has 0 atom stereocenters. The van der Waals surface area contributed by atoms with Gasteiger partial charge in [0.25, 0.3) is 5.91 Å². The summed E-state index contributed by atoms with van der Waals surface area (Å²) in [5.41, 5.74) is 0.108. The molecular formula is C21H24Cl2N2O4. The third kappa shape index (κ3) is 4.69. The second kappa shape index (κ2) is 8.15. The molecule has 2 amide bonds. The van der Waals surface area contributed by atoms with Gasteiger partial charge in [-0.15, -0.1) is 0 Å². The molecule has 5 rings (SSSR count). The Kier molecular flexibility index (Phi) is 5.76. The molecule has 0 saturated heterocycles. The van der Waals surface area contributed by atoms with Gasteiger partial charge in [-0.1, -0.05) is 23.2 Å². The van der Waals surface area contributed by atoms with Gasteiger partial charge in [0.1, 0.15) is 6.54 Å². The molecule has 0 spiro atoms. The van der Waals surface area contributed by atoms with Crippen LogP contribution in [-0.4, -0.2) is 30.9 Å². The summed E-state index contributed by atoms with van der Waals surface area (Å²) < 4.78 is 4.97. The van der Waals surface area contributed by atoms with Crippen LogP contribution in [0.3, 0.4) is 0 Å². The Morgan fingerprint density at radius 2 is 1.52 bits per heavy atom. The van der Waals surface area contributed by atoms with E-state index in [0.29, 0.717) is 33.5 Å². The van der Waals surface area contributed by atoms with Gasteiger partial charge < -0.3 is 15.4 Å². The van der Waals surface area contributed by atoms with Gasteiger partial charge in [0.2, 0.25) is 5.91 Å². The summed E-state index contributed by atoms with van der Waals surface area (Å²) in [6, 6.07) is 4.63. The third-order valence-electron chi connectivity index (χ3n) is 6.42. The summed E-state index contributed by atoms with van der Waals surface area (Å²) in [5.74, 6) is 0.783. The Labute approximate surface area is 179 Å². The number of hydrogen-bond acceptors (Lipinski definition) is 4. The lowest BCUT2D eigenvalue weighted by molar-refractivity contribution is -0.152. The number of benzene rings is 1. The molecule has 4 fully saturated rings. The summed E-state index contributed by atoms with van der Waals surface area (Å²) in [6.45, 7) is -0.674. The summed E-state index contributed by atoms with van der Waals surface area (Å²) in [5, 5.41) is 6.08. The summed E-state index contributed by atoms with van der Waals surface area (Å²) in [4.78, 5) is 36.7. The molecular weight excluding hydrogens is 415 g/mol. The highest BCUT2D eigenvalue weighted by atomic mass is 35.5. The SMILES string of the molecule is O=C(COC(=O)CNC(=O)C12CC3CC(CC(C3)C1)C2)Nc1cc(Cl)cc(Cl)c1. The number of carbonyl (C=O) groups is 3. The van der Waals surface area contributed by atoms with E-state index < -0.39 is 18.5 Å². The monoisotopic (exact) mass is 438 g/mol. The maximum absolute atomic E-state index is 12.8. The molecule has 29 heavy (non-hydrogen) atoms. The molecule has 4 bridgehead atoms. The minimum absolute atomic E-state index is 0.0356. The Morgan fingerprint density at radius 1 is 0.966 bits per heavy atom. The van der Waals surface area contributed by atoms with Crippen molar-refractivity contribution in [3.8, 4) is 0 Å². The summed E-state index contributed by atoms with van der Waals surface area (Å²) >= 11 is 11.8. The van der Waals surface area contributed by atoms with Crippen LogP contribution in [0, 0.1) is 23.2 Å². The molecule has 1 aromatic carbocycles. The minimum Gasteiger partial charge on any atom is -0.454 e. The first kappa shape index (κ1) is 20.5. The van der Waals surface area contributed by atoms with Crippen molar-refractivity contribution in [2.24, 2.45) is 23.2 Å². The second-order valence-corrected chi connectivity index (χ2v) is 9.62. The topological polar surface area (TPSA) is 84.5 Å². The van der Waals surface area contributed by atoms with Crippen molar-refractivity contribution in [3.63, 3.8) is 0 Å². The van der Waals surface area contributed by atoms with Crippen molar-refractivity contribution in [3.05, 3.63) is 28.2 Å². The third-order valence-corrected chi connectivity index (χ3v) is 6.86. The fraction of sp³-hybridized carbons (Fsp3) is 0.571. The Balaban J connectivity index is 1.22. The van der Waals surface area contributed by atoms with Gasteiger partial charge in [-0.3, -0.25) is 14.4 Å². The lowest BCUT2D eigenvalue weighted by atomic mass is 9.49. The van der Waals surface area contributed by atoms with Crippen LogP contribution in [0.25, 0.3) is 0 Å². The van der Waals surface area contributed by atoms with Crippen molar-refractivity contribution in [2.75, 3.05) is 18.5 Å². The highest BCUT2D eigenvalue weighted by Crippen LogP contribution is 2.60. The fourth-order valence-electron chi connectivity index (χ4n) is 5.75. The molecule has 0 heterocycles. The number of anilines is 1. The molecule has 156 valence electrons. The number of amides is 2. The van der Waals surface area contributed by atoms with Crippen LogP contribution in [0.5, 0.6) is 0 Å². The molecule has 0 aromatic heterocycles. The van der Waals surface area contributed by atoms with Gasteiger partial charge in [-0.25, -0.2) is 0 Å². The lowest BCUT2D eigenvalue weighted by Gasteiger charge is -2.55. The number of carbonyl (C=O) groups excluding carboxylic acids is 3. The first-order valence-electron chi connectivity index (χ1n) is 10.0. The van der Waals surface area contributed by atoms with Crippen molar-refractivity contribution in [2.45, 2.75) is 38.5 Å². The van der Waals surface area contributed by atoms with E-state index in [0.717, 1.165) is 19.3 Å². The molecule has 0 unspecified atom stereocenters. The molecule has 4 aliphatic carbocycles. The van der Waals surface area contributed by atoms with Gasteiger partial charge in [-0.05, 0) is 74.5 Å². The normalized spacial score (nSPS) is 29.4. The molecule has 0 aliphatic heterocycles. The highest BCUT2D eigenvalue weighted by molar-refractivity contribution is 6.35. The minimum atomic E-state index is -0.637. The zero-order valence-corrected chi connectivity index (χ0v) is 17.5. The quantitative estimate of drug-likeness (QED) is 0.661. The summed E-state index contributed by atoms with van der Waals surface area (Å²) in [6.07, 6.45) is 6.56. The van der Waals surface area contributed by atoms with Crippen LogP contribution in [0.1, 0.15) is 38.5 Å². The maximum atomic E-state index is 12.8. The van der Waals surface area contributed by atoms with Gasteiger partial charge in [0.05, 0.1) is 0 Å². The van der Waals surface area contributed by atoms with Crippen LogP contribution in [-0.2, 0) is 19.1 Å². The predicted molar refractivity (Wildman–Crippen MR) is 110 cm³/mol. The standard InChI is InChI=1S/C21H24Cl2N2O4/c22-15-4-16(23)6-17(5-15)25-18(26)11-29-19(27)10-24-20(28)21-7-12-1-13(8-21)3-14(2-12)9-21/h4-6,12-14H,1-3,7-11H2,(H,24,28)(H,25,26). The van der Waals surface area contributed by atoms with Crippen LogP contribution >= 0.6 is 23.2 Å². The molecule has 2 N–H and O–H groups in total. The summed E-state index contributed by atoms with van der Waals surface area (Å²) in [7, 11) is 0. The zero-order chi connectivity index (χ0) is 20.6. The average molecular weight is 439 g/mol. The number of nitrogens with one attached hydrogen (secondary N) is 2. The average Bonchev–Trinajstić information content (AvgIpc) is 2.62.